The second-order valence-corrected chi connectivity index (χ2v) is 2.92. The van der Waals surface area contributed by atoms with Gasteiger partial charge in [0.2, 0.25) is 0 Å². The predicted octanol–water partition coefficient (Wildman–Crippen LogP) is 2.08. The summed E-state index contributed by atoms with van der Waals surface area (Å²) in [6, 6.07) is 0. The van der Waals surface area contributed by atoms with Crippen LogP contribution in [0.2, 0.25) is 0 Å². The molecule has 2 nitrogen and oxygen atoms in total. The first kappa shape index (κ1) is 11.9. The molecule has 1 atom stereocenters. The van der Waals surface area contributed by atoms with Crippen molar-refractivity contribution < 1.29 is 9.47 Å². The third-order valence-electron chi connectivity index (χ3n) is 1.50. The number of allylic oxidation sites excluding steroid dienone is 1. The van der Waals surface area contributed by atoms with Crippen LogP contribution in [0.1, 0.15) is 6.42 Å². The molecule has 0 spiro atoms. The normalized spacial score (nSPS) is 12.8. The van der Waals surface area contributed by atoms with E-state index in [2.05, 4.69) is 6.58 Å². The van der Waals surface area contributed by atoms with Gasteiger partial charge in [0, 0.05) is 13.0 Å². The highest BCUT2D eigenvalue weighted by Gasteiger charge is 2.04. The molecule has 0 radical (unpaired) electrons. The Labute approximate surface area is 79.5 Å². The van der Waals surface area contributed by atoms with Gasteiger partial charge in [-0.1, -0.05) is 6.08 Å². The van der Waals surface area contributed by atoms with Crippen LogP contribution in [0.3, 0.4) is 0 Å². The van der Waals surface area contributed by atoms with Gasteiger partial charge in [-0.05, 0) is 12.3 Å². The van der Waals surface area contributed by atoms with Crippen molar-refractivity contribution in [2.24, 2.45) is 5.92 Å². The number of methoxy groups -OCH3 is 1. The maximum absolute atomic E-state index is 5.70. The highest BCUT2D eigenvalue weighted by molar-refractivity contribution is 6.18. The molecule has 0 aromatic rings. The molecule has 0 rings (SSSR count). The summed E-state index contributed by atoms with van der Waals surface area (Å²) in [4.78, 5) is 0. The van der Waals surface area contributed by atoms with E-state index in [1.54, 1.807) is 7.11 Å². The van der Waals surface area contributed by atoms with Crippen molar-refractivity contribution in [2.75, 3.05) is 32.8 Å². The van der Waals surface area contributed by atoms with Crippen LogP contribution in [-0.4, -0.2) is 32.8 Å². The maximum Gasteiger partial charge on any atom is 0.0700 e. The van der Waals surface area contributed by atoms with Crippen LogP contribution in [0.15, 0.2) is 12.7 Å². The topological polar surface area (TPSA) is 18.5 Å². The number of hydrogen-bond donors (Lipinski definition) is 0. The van der Waals surface area contributed by atoms with Crippen LogP contribution in [0.25, 0.3) is 0 Å². The number of hydrogen-bond acceptors (Lipinski definition) is 2. The third-order valence-corrected chi connectivity index (χ3v) is 1.94. The fraction of sp³-hybridized carbons (Fsp3) is 0.778. The Balaban J connectivity index is 3.25. The van der Waals surface area contributed by atoms with Gasteiger partial charge >= 0.3 is 0 Å². The highest BCUT2D eigenvalue weighted by atomic mass is 35.5. The molecule has 0 bridgehead atoms. The Kier molecular flexibility index (Phi) is 9.00. The predicted molar refractivity (Wildman–Crippen MR) is 51.7 cm³/mol. The molecule has 0 N–H and O–H groups in total. The minimum absolute atomic E-state index is 0.390. The lowest BCUT2D eigenvalue weighted by atomic mass is 10.1. The van der Waals surface area contributed by atoms with E-state index in [0.717, 1.165) is 6.42 Å². The Morgan fingerprint density at radius 2 is 2.25 bits per heavy atom. The summed E-state index contributed by atoms with van der Waals surface area (Å²) >= 11 is 5.70. The quantitative estimate of drug-likeness (QED) is 0.333. The second kappa shape index (κ2) is 9.04. The Morgan fingerprint density at radius 3 is 2.75 bits per heavy atom. The first-order chi connectivity index (χ1) is 5.85. The van der Waals surface area contributed by atoms with Crippen LogP contribution >= 0.6 is 11.6 Å². The molecule has 72 valence electrons. The van der Waals surface area contributed by atoms with Crippen molar-refractivity contribution in [1.29, 1.82) is 0 Å². The van der Waals surface area contributed by atoms with E-state index < -0.39 is 0 Å². The summed E-state index contributed by atoms with van der Waals surface area (Å²) in [5.41, 5.74) is 0. The van der Waals surface area contributed by atoms with Gasteiger partial charge in [0.1, 0.15) is 0 Å². The summed E-state index contributed by atoms with van der Waals surface area (Å²) < 4.78 is 10.2. The monoisotopic (exact) mass is 192 g/mol. The molecular weight excluding hydrogens is 176 g/mol. The molecule has 0 amide bonds. The smallest absolute Gasteiger partial charge is 0.0700 e. The Morgan fingerprint density at radius 1 is 1.50 bits per heavy atom. The van der Waals surface area contributed by atoms with Crippen molar-refractivity contribution in [3.8, 4) is 0 Å². The van der Waals surface area contributed by atoms with Crippen molar-refractivity contribution in [3.05, 3.63) is 12.7 Å². The summed E-state index contributed by atoms with van der Waals surface area (Å²) in [7, 11) is 1.66. The fourth-order valence-electron chi connectivity index (χ4n) is 0.804. The molecule has 0 aliphatic carbocycles. The number of rotatable bonds is 8. The van der Waals surface area contributed by atoms with Crippen molar-refractivity contribution in [2.45, 2.75) is 6.42 Å². The largest absolute Gasteiger partial charge is 0.382 e. The van der Waals surface area contributed by atoms with Crippen LogP contribution in [0.4, 0.5) is 0 Å². The van der Waals surface area contributed by atoms with Crippen LogP contribution in [0.5, 0.6) is 0 Å². The SMILES string of the molecule is C=CCC(CCl)COCCOC. The molecular formula is C9H17ClO2. The van der Waals surface area contributed by atoms with Crippen molar-refractivity contribution in [1.82, 2.24) is 0 Å². The summed E-state index contributed by atoms with van der Waals surface area (Å²) in [6.45, 7) is 5.63. The third kappa shape index (κ3) is 6.65. The number of alkyl halides is 1. The Bertz CT molecular complexity index is 107. The molecule has 0 aromatic heterocycles. The maximum atomic E-state index is 5.70. The van der Waals surface area contributed by atoms with Gasteiger partial charge in [0.25, 0.3) is 0 Å². The first-order valence-corrected chi connectivity index (χ1v) is 4.62. The molecule has 0 saturated heterocycles. The summed E-state index contributed by atoms with van der Waals surface area (Å²) in [6.07, 6.45) is 2.78. The molecule has 0 heterocycles. The van der Waals surface area contributed by atoms with E-state index >= 15 is 0 Å². The van der Waals surface area contributed by atoms with E-state index in [0.29, 0.717) is 31.6 Å². The van der Waals surface area contributed by atoms with E-state index in [9.17, 15) is 0 Å². The average molecular weight is 193 g/mol. The standard InChI is InChI=1S/C9H17ClO2/c1-3-4-9(7-10)8-12-6-5-11-2/h3,9H,1,4-8H2,2H3. The Hall–Kier alpha value is -0.0500. The molecule has 0 aliphatic rings. The first-order valence-electron chi connectivity index (χ1n) is 4.08. The lowest BCUT2D eigenvalue weighted by Crippen LogP contribution is -2.13. The van der Waals surface area contributed by atoms with E-state index in [4.69, 9.17) is 21.1 Å². The fourth-order valence-corrected chi connectivity index (χ4v) is 1.02. The molecule has 0 fully saturated rings. The zero-order chi connectivity index (χ0) is 9.23. The van der Waals surface area contributed by atoms with Crippen molar-refractivity contribution in [3.63, 3.8) is 0 Å². The molecule has 0 aliphatic heterocycles. The van der Waals surface area contributed by atoms with E-state index in [-0.39, 0.29) is 0 Å². The van der Waals surface area contributed by atoms with Gasteiger partial charge in [-0.25, -0.2) is 0 Å². The summed E-state index contributed by atoms with van der Waals surface area (Å²) in [5, 5.41) is 0. The van der Waals surface area contributed by atoms with Gasteiger partial charge in [-0.3, -0.25) is 0 Å². The number of halogens is 1. The minimum Gasteiger partial charge on any atom is -0.382 e. The van der Waals surface area contributed by atoms with Crippen LogP contribution < -0.4 is 0 Å². The lowest BCUT2D eigenvalue weighted by molar-refractivity contribution is 0.0554. The van der Waals surface area contributed by atoms with Gasteiger partial charge in [0.05, 0.1) is 19.8 Å². The van der Waals surface area contributed by atoms with Crippen LogP contribution in [0, 0.1) is 5.92 Å². The molecule has 1 unspecified atom stereocenters. The van der Waals surface area contributed by atoms with Crippen molar-refractivity contribution >= 4 is 11.6 Å². The van der Waals surface area contributed by atoms with Gasteiger partial charge in [-0.2, -0.15) is 0 Å². The summed E-state index contributed by atoms with van der Waals surface area (Å²) in [5.74, 6) is 1.01. The molecule has 3 heteroatoms. The van der Waals surface area contributed by atoms with E-state index in [1.165, 1.54) is 0 Å². The van der Waals surface area contributed by atoms with Gasteiger partial charge < -0.3 is 9.47 Å². The highest BCUT2D eigenvalue weighted by Crippen LogP contribution is 2.06. The molecule has 0 aromatic carbocycles. The zero-order valence-corrected chi connectivity index (χ0v) is 8.35. The van der Waals surface area contributed by atoms with Gasteiger partial charge in [-0.15, -0.1) is 18.2 Å². The second-order valence-electron chi connectivity index (χ2n) is 2.61. The van der Waals surface area contributed by atoms with Gasteiger partial charge in [0.15, 0.2) is 0 Å². The zero-order valence-electron chi connectivity index (χ0n) is 7.59. The molecule has 0 saturated carbocycles. The van der Waals surface area contributed by atoms with Crippen LogP contribution in [-0.2, 0) is 9.47 Å². The molecule has 12 heavy (non-hydrogen) atoms. The average Bonchev–Trinajstić information content (AvgIpc) is 2.10. The van der Waals surface area contributed by atoms with E-state index in [1.807, 2.05) is 6.08 Å². The lowest BCUT2D eigenvalue weighted by Gasteiger charge is -2.11. The number of ether oxygens (including phenoxy) is 2. The minimum atomic E-state index is 0.390.